The van der Waals surface area contributed by atoms with Crippen molar-refractivity contribution < 1.29 is 9.59 Å². The second-order valence-corrected chi connectivity index (χ2v) is 8.06. The Hall–Kier alpha value is -2.35. The molecule has 0 aliphatic carbocycles. The molecular weight excluding hydrogens is 419 g/mol. The molecule has 1 unspecified atom stereocenters. The van der Waals surface area contributed by atoms with E-state index in [9.17, 15) is 9.59 Å². The Labute approximate surface area is 176 Å². The maximum absolute atomic E-state index is 12.2. The van der Waals surface area contributed by atoms with Gasteiger partial charge in [-0.2, -0.15) is 5.10 Å². The van der Waals surface area contributed by atoms with Crippen LogP contribution in [-0.4, -0.2) is 28.4 Å². The first kappa shape index (κ1) is 20.4. The average Bonchev–Trinajstić information content (AvgIpc) is 2.98. The van der Waals surface area contributed by atoms with Gasteiger partial charge in [0, 0.05) is 22.7 Å². The Bertz CT molecular complexity index is 961. The summed E-state index contributed by atoms with van der Waals surface area (Å²) in [6.45, 7) is 1.97. The largest absolute Gasteiger partial charge is 0.326 e. The maximum atomic E-state index is 12.2. The van der Waals surface area contributed by atoms with E-state index in [1.165, 1.54) is 6.21 Å². The van der Waals surface area contributed by atoms with Gasteiger partial charge >= 0.3 is 0 Å². The minimum atomic E-state index is -0.557. The molecule has 1 aliphatic rings. The van der Waals surface area contributed by atoms with Crippen molar-refractivity contribution in [2.24, 2.45) is 10.2 Å². The Kier molecular flexibility index (Phi) is 6.72. The number of amides is 2. The van der Waals surface area contributed by atoms with Crippen molar-refractivity contribution >= 4 is 63.8 Å². The molecule has 0 spiro atoms. The van der Waals surface area contributed by atoms with Gasteiger partial charge in [0.25, 0.3) is 0 Å². The van der Waals surface area contributed by atoms with E-state index in [0.29, 0.717) is 26.5 Å². The van der Waals surface area contributed by atoms with E-state index in [0.717, 1.165) is 17.3 Å². The van der Waals surface area contributed by atoms with Crippen LogP contribution in [0.15, 0.2) is 52.7 Å². The number of anilines is 1. The van der Waals surface area contributed by atoms with Crippen LogP contribution < -0.4 is 10.6 Å². The number of rotatable bonds is 5. The van der Waals surface area contributed by atoms with E-state index < -0.39 is 5.25 Å². The number of carbonyl (C=O) groups is 2. The van der Waals surface area contributed by atoms with Gasteiger partial charge in [0.15, 0.2) is 5.17 Å². The summed E-state index contributed by atoms with van der Waals surface area (Å²) < 4.78 is 0. The van der Waals surface area contributed by atoms with Crippen molar-refractivity contribution in [1.29, 1.82) is 0 Å². The normalized spacial score (nSPS) is 17.9. The van der Waals surface area contributed by atoms with E-state index in [2.05, 4.69) is 20.8 Å². The Balaban J connectivity index is 1.56. The van der Waals surface area contributed by atoms with Crippen molar-refractivity contribution in [3.8, 4) is 0 Å². The molecule has 1 saturated heterocycles. The van der Waals surface area contributed by atoms with Gasteiger partial charge in [-0.05, 0) is 31.2 Å². The highest BCUT2D eigenvalue weighted by Crippen LogP contribution is 2.23. The summed E-state index contributed by atoms with van der Waals surface area (Å²) in [6.07, 6.45) is 1.51. The van der Waals surface area contributed by atoms with Gasteiger partial charge in [-0.1, -0.05) is 58.7 Å². The number of benzene rings is 2. The third kappa shape index (κ3) is 5.58. The second-order valence-electron chi connectivity index (χ2n) is 6.03. The summed E-state index contributed by atoms with van der Waals surface area (Å²) in [7, 11) is 0. The Morgan fingerprint density at radius 1 is 1.25 bits per heavy atom. The Morgan fingerprint density at radius 3 is 2.71 bits per heavy atom. The number of hydrogen-bond donors (Lipinski definition) is 2. The fourth-order valence-electron chi connectivity index (χ4n) is 2.35. The van der Waals surface area contributed by atoms with E-state index in [4.69, 9.17) is 23.2 Å². The highest BCUT2D eigenvalue weighted by Gasteiger charge is 2.32. The zero-order valence-corrected chi connectivity index (χ0v) is 17.1. The number of thioether (sulfide) groups is 1. The van der Waals surface area contributed by atoms with Gasteiger partial charge in [-0.3, -0.25) is 9.59 Å². The zero-order valence-electron chi connectivity index (χ0n) is 14.8. The lowest BCUT2D eigenvalue weighted by Crippen LogP contribution is -2.28. The molecular formula is C19H16Cl2N4O2S. The molecule has 2 aromatic carbocycles. The van der Waals surface area contributed by atoms with Gasteiger partial charge in [0.2, 0.25) is 11.8 Å². The molecule has 0 saturated carbocycles. The third-order valence-corrected chi connectivity index (χ3v) is 5.43. The number of nitrogens with one attached hydrogen (secondary N) is 2. The van der Waals surface area contributed by atoms with Gasteiger partial charge < -0.3 is 10.6 Å². The molecule has 0 aromatic heterocycles. The molecule has 3 rings (SSSR count). The Morgan fingerprint density at radius 2 is 2.00 bits per heavy atom. The predicted octanol–water partition coefficient (Wildman–Crippen LogP) is 4.25. The van der Waals surface area contributed by atoms with Crippen LogP contribution in [0.5, 0.6) is 0 Å². The first-order valence-electron chi connectivity index (χ1n) is 8.31. The molecule has 1 atom stereocenters. The van der Waals surface area contributed by atoms with Gasteiger partial charge in [-0.15, -0.1) is 5.10 Å². The molecule has 6 nitrogen and oxygen atoms in total. The van der Waals surface area contributed by atoms with Crippen LogP contribution in [0.25, 0.3) is 0 Å². The average molecular weight is 435 g/mol. The van der Waals surface area contributed by atoms with Crippen molar-refractivity contribution in [2.75, 3.05) is 5.32 Å². The molecule has 1 aliphatic heterocycles. The minimum absolute atomic E-state index is 0.0378. The van der Waals surface area contributed by atoms with Gasteiger partial charge in [0.1, 0.15) is 5.25 Å². The summed E-state index contributed by atoms with van der Waals surface area (Å²) in [5, 5.41) is 14.1. The van der Waals surface area contributed by atoms with Crippen LogP contribution in [-0.2, 0) is 9.59 Å². The quantitative estimate of drug-likeness (QED) is 0.544. The van der Waals surface area contributed by atoms with Crippen LogP contribution in [0.4, 0.5) is 5.69 Å². The summed E-state index contributed by atoms with van der Waals surface area (Å²) in [4.78, 5) is 24.2. The lowest BCUT2D eigenvalue weighted by atomic mass is 10.2. The van der Waals surface area contributed by atoms with Crippen LogP contribution >= 0.6 is 35.0 Å². The highest BCUT2D eigenvalue weighted by molar-refractivity contribution is 8.15. The second kappa shape index (κ2) is 9.23. The molecule has 2 N–H and O–H groups in total. The molecule has 2 aromatic rings. The number of aryl methyl sites for hydroxylation is 1. The number of nitrogens with zero attached hydrogens (tertiary/aromatic N) is 2. The fourth-order valence-corrected chi connectivity index (χ4v) is 3.73. The van der Waals surface area contributed by atoms with Crippen LogP contribution in [0.3, 0.4) is 0 Å². The molecule has 1 fully saturated rings. The first-order chi connectivity index (χ1) is 13.4. The minimum Gasteiger partial charge on any atom is -0.326 e. The van der Waals surface area contributed by atoms with Crippen LogP contribution in [0.1, 0.15) is 17.5 Å². The molecule has 0 radical (unpaired) electrons. The zero-order chi connectivity index (χ0) is 20.1. The van der Waals surface area contributed by atoms with Gasteiger partial charge in [0.05, 0.1) is 11.2 Å². The van der Waals surface area contributed by atoms with E-state index in [1.54, 1.807) is 18.2 Å². The first-order valence-corrected chi connectivity index (χ1v) is 9.94. The highest BCUT2D eigenvalue weighted by atomic mass is 35.5. The fraction of sp³-hybridized carbons (Fsp3) is 0.158. The number of hydrogen-bond acceptors (Lipinski definition) is 5. The summed E-state index contributed by atoms with van der Waals surface area (Å²) in [5.41, 5.74) is 2.45. The van der Waals surface area contributed by atoms with Crippen molar-refractivity contribution in [3.05, 3.63) is 63.6 Å². The molecule has 0 bridgehead atoms. The maximum Gasteiger partial charge on any atom is 0.240 e. The molecule has 1 heterocycles. The number of carbonyl (C=O) groups excluding carboxylic acids is 2. The van der Waals surface area contributed by atoms with Crippen molar-refractivity contribution in [1.82, 2.24) is 5.32 Å². The molecule has 9 heteroatoms. The van der Waals surface area contributed by atoms with Gasteiger partial charge in [-0.25, -0.2) is 0 Å². The van der Waals surface area contributed by atoms with Crippen LogP contribution in [0, 0.1) is 6.92 Å². The lowest BCUT2D eigenvalue weighted by Gasteiger charge is -2.07. The third-order valence-electron chi connectivity index (χ3n) is 3.79. The van der Waals surface area contributed by atoms with E-state index >= 15 is 0 Å². The SMILES string of the molecule is Cc1ccc(NC(=O)CC2SC(=NN=Cc3ccc(Cl)cc3Cl)NC2=O)cc1. The topological polar surface area (TPSA) is 82.9 Å². The van der Waals surface area contributed by atoms with E-state index in [-0.39, 0.29) is 18.2 Å². The molecule has 2 amide bonds. The summed E-state index contributed by atoms with van der Waals surface area (Å²) in [6, 6.07) is 12.5. The van der Waals surface area contributed by atoms with Crippen molar-refractivity contribution in [2.45, 2.75) is 18.6 Å². The lowest BCUT2D eigenvalue weighted by molar-refractivity contribution is -0.122. The van der Waals surface area contributed by atoms with Crippen LogP contribution in [0.2, 0.25) is 10.0 Å². The van der Waals surface area contributed by atoms with Crippen molar-refractivity contribution in [3.63, 3.8) is 0 Å². The van der Waals surface area contributed by atoms with E-state index in [1.807, 2.05) is 31.2 Å². The number of halogens is 2. The predicted molar refractivity (Wildman–Crippen MR) is 115 cm³/mol. The molecule has 144 valence electrons. The monoisotopic (exact) mass is 434 g/mol. The smallest absolute Gasteiger partial charge is 0.240 e. The standard InChI is InChI=1S/C19H16Cl2N4O2S/c1-11-2-6-14(7-3-11)23-17(26)9-16-18(27)24-19(28-16)25-22-10-12-4-5-13(20)8-15(12)21/h2-8,10,16H,9H2,1H3,(H,23,26)(H,24,25,27). The number of amidine groups is 1. The summed E-state index contributed by atoms with van der Waals surface area (Å²) in [5.74, 6) is -0.517. The summed E-state index contributed by atoms with van der Waals surface area (Å²) >= 11 is 13.1. The molecule has 28 heavy (non-hydrogen) atoms.